The molecule has 0 aromatic heterocycles. The minimum absolute atomic E-state index is 0.0427. The van der Waals surface area contributed by atoms with Gasteiger partial charge in [0, 0.05) is 16.6 Å². The van der Waals surface area contributed by atoms with Gasteiger partial charge in [-0.3, -0.25) is 9.52 Å². The van der Waals surface area contributed by atoms with Crippen molar-refractivity contribution in [2.75, 3.05) is 17.9 Å². The second-order valence-corrected chi connectivity index (χ2v) is 9.79. The van der Waals surface area contributed by atoms with Crippen molar-refractivity contribution in [2.45, 2.75) is 37.0 Å². The third-order valence-electron chi connectivity index (χ3n) is 4.77. The summed E-state index contributed by atoms with van der Waals surface area (Å²) in [6, 6.07) is 10.2. The van der Waals surface area contributed by atoms with Crippen molar-refractivity contribution >= 4 is 44.8 Å². The Kier molecular flexibility index (Phi) is 8.23. The number of anilines is 1. The molecule has 0 heterocycles. The Labute approximate surface area is 192 Å². The molecule has 1 aliphatic carbocycles. The molecule has 1 aliphatic rings. The van der Waals surface area contributed by atoms with Crippen LogP contribution in [0.15, 0.2) is 59.0 Å². The molecule has 6 nitrogen and oxygen atoms in total. The Hall–Kier alpha value is -2.22. The number of ether oxygens (including phenoxy) is 1. The maximum absolute atomic E-state index is 12.5. The van der Waals surface area contributed by atoms with Gasteiger partial charge in [0.15, 0.2) is 6.61 Å². The first kappa shape index (κ1) is 23.4. The highest BCUT2D eigenvalue weighted by atomic mass is 35.5. The lowest BCUT2D eigenvalue weighted by Crippen LogP contribution is -2.30. The standard InChI is InChI=1S/C22H24Cl2N2O4S/c23-17-12-18(24)14-19(13-17)26-31(28,29)21-8-6-20(7-9-21)30-15-22(27)25-11-10-16-4-2-1-3-5-16/h4,6-9,12-14,26H,1-3,5,10-11,15H2,(H,25,27). The van der Waals surface area contributed by atoms with Crippen LogP contribution < -0.4 is 14.8 Å². The summed E-state index contributed by atoms with van der Waals surface area (Å²) in [6.07, 6.45) is 7.83. The van der Waals surface area contributed by atoms with E-state index >= 15 is 0 Å². The van der Waals surface area contributed by atoms with E-state index in [1.54, 1.807) is 0 Å². The van der Waals surface area contributed by atoms with Gasteiger partial charge in [-0.2, -0.15) is 0 Å². The van der Waals surface area contributed by atoms with Crippen LogP contribution in [0.2, 0.25) is 10.0 Å². The van der Waals surface area contributed by atoms with E-state index in [0.29, 0.717) is 22.3 Å². The number of halogens is 2. The third-order valence-corrected chi connectivity index (χ3v) is 6.61. The topological polar surface area (TPSA) is 84.5 Å². The fourth-order valence-corrected chi connectivity index (χ4v) is 4.80. The molecule has 166 valence electrons. The minimum atomic E-state index is -3.83. The van der Waals surface area contributed by atoms with Gasteiger partial charge in [-0.25, -0.2) is 8.42 Å². The maximum atomic E-state index is 12.5. The number of rotatable bonds is 9. The summed E-state index contributed by atoms with van der Waals surface area (Å²) in [4.78, 5) is 12.0. The van der Waals surface area contributed by atoms with Gasteiger partial charge in [0.25, 0.3) is 15.9 Å². The van der Waals surface area contributed by atoms with Crippen molar-refractivity contribution < 1.29 is 17.9 Å². The molecular weight excluding hydrogens is 459 g/mol. The fraction of sp³-hybridized carbons (Fsp3) is 0.318. The molecule has 31 heavy (non-hydrogen) atoms. The van der Waals surface area contributed by atoms with Gasteiger partial charge < -0.3 is 10.1 Å². The van der Waals surface area contributed by atoms with Gasteiger partial charge in [-0.15, -0.1) is 0 Å². The van der Waals surface area contributed by atoms with Gasteiger partial charge in [0.1, 0.15) is 5.75 Å². The average molecular weight is 483 g/mol. The number of carbonyl (C=O) groups is 1. The molecule has 3 rings (SSSR count). The second-order valence-electron chi connectivity index (χ2n) is 7.23. The van der Waals surface area contributed by atoms with Crippen molar-refractivity contribution in [3.05, 3.63) is 64.2 Å². The lowest BCUT2D eigenvalue weighted by atomic mass is 9.97. The predicted octanol–water partition coefficient (Wildman–Crippen LogP) is 5.18. The Balaban J connectivity index is 1.48. The molecule has 2 aromatic carbocycles. The van der Waals surface area contributed by atoms with Gasteiger partial charge in [-0.1, -0.05) is 34.9 Å². The summed E-state index contributed by atoms with van der Waals surface area (Å²) in [5, 5.41) is 3.48. The third kappa shape index (κ3) is 7.45. The smallest absolute Gasteiger partial charge is 0.261 e. The molecule has 1 amide bonds. The Morgan fingerprint density at radius 1 is 1.03 bits per heavy atom. The van der Waals surface area contributed by atoms with Crippen molar-refractivity contribution in [2.24, 2.45) is 0 Å². The van der Waals surface area contributed by atoms with E-state index in [-0.39, 0.29) is 23.1 Å². The zero-order valence-corrected chi connectivity index (χ0v) is 19.2. The summed E-state index contributed by atoms with van der Waals surface area (Å²) >= 11 is 11.8. The molecule has 0 atom stereocenters. The predicted molar refractivity (Wildman–Crippen MR) is 123 cm³/mol. The van der Waals surface area contributed by atoms with Crippen LogP contribution in [0.5, 0.6) is 5.75 Å². The van der Waals surface area contributed by atoms with Crippen molar-refractivity contribution in [1.29, 1.82) is 0 Å². The van der Waals surface area contributed by atoms with Crippen LogP contribution in [-0.2, 0) is 14.8 Å². The molecule has 0 unspecified atom stereocenters. The highest BCUT2D eigenvalue weighted by molar-refractivity contribution is 7.92. The number of hydrogen-bond acceptors (Lipinski definition) is 4. The largest absolute Gasteiger partial charge is 0.484 e. The van der Waals surface area contributed by atoms with Crippen LogP contribution in [0.3, 0.4) is 0 Å². The number of sulfonamides is 1. The SMILES string of the molecule is O=C(COc1ccc(S(=O)(=O)Nc2cc(Cl)cc(Cl)c2)cc1)NCCC1=CCCCC1. The van der Waals surface area contributed by atoms with Crippen LogP contribution in [0.1, 0.15) is 32.1 Å². The van der Waals surface area contributed by atoms with Gasteiger partial charge >= 0.3 is 0 Å². The van der Waals surface area contributed by atoms with Crippen molar-refractivity contribution in [3.8, 4) is 5.75 Å². The highest BCUT2D eigenvalue weighted by Gasteiger charge is 2.15. The van der Waals surface area contributed by atoms with Crippen LogP contribution in [0.25, 0.3) is 0 Å². The summed E-state index contributed by atoms with van der Waals surface area (Å²) in [7, 11) is -3.83. The number of amides is 1. The molecule has 0 saturated carbocycles. The van der Waals surface area contributed by atoms with E-state index in [2.05, 4.69) is 16.1 Å². The zero-order valence-electron chi connectivity index (χ0n) is 16.9. The number of nitrogens with one attached hydrogen (secondary N) is 2. The lowest BCUT2D eigenvalue weighted by molar-refractivity contribution is -0.123. The van der Waals surface area contributed by atoms with Crippen LogP contribution >= 0.6 is 23.2 Å². The number of carbonyl (C=O) groups excluding carboxylic acids is 1. The van der Waals surface area contributed by atoms with E-state index in [1.807, 2.05) is 0 Å². The quantitative estimate of drug-likeness (QED) is 0.482. The van der Waals surface area contributed by atoms with Gasteiger partial charge in [0.05, 0.1) is 10.6 Å². The summed E-state index contributed by atoms with van der Waals surface area (Å²) in [6.45, 7) is 0.453. The molecule has 0 spiro atoms. The second kappa shape index (κ2) is 10.9. The molecule has 0 bridgehead atoms. The van der Waals surface area contributed by atoms with E-state index in [1.165, 1.54) is 60.9 Å². The first-order valence-electron chi connectivity index (χ1n) is 9.98. The van der Waals surface area contributed by atoms with Crippen LogP contribution in [-0.4, -0.2) is 27.5 Å². The monoisotopic (exact) mass is 482 g/mol. The summed E-state index contributed by atoms with van der Waals surface area (Å²) < 4.78 is 33.0. The first-order valence-corrected chi connectivity index (χ1v) is 12.2. The van der Waals surface area contributed by atoms with E-state index in [4.69, 9.17) is 27.9 Å². The number of benzene rings is 2. The number of allylic oxidation sites excluding steroid dienone is 1. The van der Waals surface area contributed by atoms with E-state index in [0.717, 1.165) is 19.3 Å². The molecule has 0 fully saturated rings. The van der Waals surface area contributed by atoms with E-state index < -0.39 is 10.0 Å². The molecule has 9 heteroatoms. The molecule has 2 aromatic rings. The maximum Gasteiger partial charge on any atom is 0.261 e. The molecule has 0 aliphatic heterocycles. The van der Waals surface area contributed by atoms with Crippen molar-refractivity contribution in [1.82, 2.24) is 5.32 Å². The lowest BCUT2D eigenvalue weighted by Gasteiger charge is -2.13. The minimum Gasteiger partial charge on any atom is -0.484 e. The number of hydrogen-bond donors (Lipinski definition) is 2. The van der Waals surface area contributed by atoms with E-state index in [9.17, 15) is 13.2 Å². The Morgan fingerprint density at radius 3 is 2.39 bits per heavy atom. The molecule has 0 saturated heterocycles. The fourth-order valence-electron chi connectivity index (χ4n) is 3.24. The molecular formula is C22H24Cl2N2O4S. The summed E-state index contributed by atoms with van der Waals surface area (Å²) in [5.74, 6) is 0.183. The highest BCUT2D eigenvalue weighted by Crippen LogP contribution is 2.25. The van der Waals surface area contributed by atoms with Gasteiger partial charge in [-0.05, 0) is 74.6 Å². The van der Waals surface area contributed by atoms with Crippen molar-refractivity contribution in [3.63, 3.8) is 0 Å². The normalized spacial score (nSPS) is 13.9. The summed E-state index contributed by atoms with van der Waals surface area (Å²) in [5.41, 5.74) is 1.66. The first-order chi connectivity index (χ1) is 14.8. The average Bonchev–Trinajstić information content (AvgIpc) is 2.72. The zero-order chi connectivity index (χ0) is 22.3. The Morgan fingerprint density at radius 2 is 1.74 bits per heavy atom. The van der Waals surface area contributed by atoms with Gasteiger partial charge in [0.2, 0.25) is 0 Å². The van der Waals surface area contributed by atoms with Crippen LogP contribution in [0, 0.1) is 0 Å². The van der Waals surface area contributed by atoms with Crippen LogP contribution in [0.4, 0.5) is 5.69 Å². The molecule has 0 radical (unpaired) electrons. The Bertz CT molecular complexity index is 1030. The molecule has 2 N–H and O–H groups in total.